The number of anilines is 2. The molecule has 4 heterocycles. The van der Waals surface area contributed by atoms with Crippen molar-refractivity contribution in [2.24, 2.45) is 5.73 Å². The fourth-order valence-corrected chi connectivity index (χ4v) is 9.18. The summed E-state index contributed by atoms with van der Waals surface area (Å²) in [5.74, 6) is 0.272. The predicted octanol–water partition coefficient (Wildman–Crippen LogP) is 5.88. The van der Waals surface area contributed by atoms with E-state index in [0.717, 1.165) is 105 Å². The van der Waals surface area contributed by atoms with E-state index in [4.69, 9.17) is 10.5 Å². The zero-order valence-electron chi connectivity index (χ0n) is 31.1. The van der Waals surface area contributed by atoms with Crippen LogP contribution in [0, 0.1) is 6.92 Å². The highest BCUT2D eigenvalue weighted by atomic mass is 16.5. The zero-order chi connectivity index (χ0) is 36.4. The summed E-state index contributed by atoms with van der Waals surface area (Å²) in [5.41, 5.74) is 17.2. The van der Waals surface area contributed by atoms with Crippen LogP contribution in [-0.4, -0.2) is 88.5 Å². The Morgan fingerprint density at radius 2 is 1.96 bits per heavy atom. The van der Waals surface area contributed by atoms with E-state index >= 15 is 0 Å². The lowest BCUT2D eigenvalue weighted by Crippen LogP contribution is -2.65. The molecule has 4 aliphatic rings. The molecule has 1 amide bonds. The number of aryl methyl sites for hydroxylation is 1. The largest absolute Gasteiger partial charge is 0.483 e. The molecule has 0 bridgehead atoms. The average molecular weight is 716 g/mol. The molecule has 5 N–H and O–H groups in total. The van der Waals surface area contributed by atoms with Gasteiger partial charge in [-0.2, -0.15) is 5.10 Å². The van der Waals surface area contributed by atoms with Crippen molar-refractivity contribution in [2.75, 3.05) is 50.1 Å². The summed E-state index contributed by atoms with van der Waals surface area (Å²) in [6, 6.07) is 24.1. The van der Waals surface area contributed by atoms with Gasteiger partial charge in [-0.1, -0.05) is 36.4 Å². The van der Waals surface area contributed by atoms with E-state index in [9.17, 15) is 4.79 Å². The van der Waals surface area contributed by atoms with Gasteiger partial charge < -0.3 is 20.7 Å². The van der Waals surface area contributed by atoms with Gasteiger partial charge in [0.05, 0.1) is 29.1 Å². The van der Waals surface area contributed by atoms with Gasteiger partial charge in [-0.05, 0) is 99.5 Å². The normalized spacial score (nSPS) is 23.5. The number of amides is 1. The van der Waals surface area contributed by atoms with Crippen LogP contribution in [0.25, 0.3) is 10.9 Å². The number of fused-ring (bicyclic) bond motifs is 2. The molecule has 278 valence electrons. The molecule has 11 heteroatoms. The van der Waals surface area contributed by atoms with Gasteiger partial charge in [0.15, 0.2) is 6.61 Å². The Kier molecular flexibility index (Phi) is 10.0. The standard InChI is InChI=1S/C42H53N9O2/c1-30-10-8-14-39(53-28-40(43)52)36(30)27-50-21-7-6-15-41(50)51(35-12-4-3-5-13-35)42(19-18-38-32(23-42)25-48(2)47-38)29-49-20-9-11-34(26-49)45-33-16-17-37-31(22-33)24-44-46-37/h3-5,8,10,12-14,16-18,22,24-25,34,41,45,47H,6-7,9,11,15,19-21,23,26-29H2,1-2H3,(H2,43,52)(H,44,46)/t34?,41-,42?/m1/s1. The maximum Gasteiger partial charge on any atom is 0.255 e. The molecule has 3 atom stereocenters. The van der Waals surface area contributed by atoms with E-state index < -0.39 is 5.91 Å². The SMILES string of the molecule is Cc1cccc(OCC(N)=O)c1CN1CCCC[C@H]1N(c1ccccc1)C1(CN2CCCC(Nc3ccc4[nH]ncc4c3)C2)CC=C2NN(C)C=C2C1. The second kappa shape index (κ2) is 15.2. The van der Waals surface area contributed by atoms with E-state index in [1.807, 2.05) is 18.3 Å². The molecule has 2 unspecified atom stereocenters. The number of aromatic nitrogens is 2. The number of para-hydroxylation sites is 1. The number of carbonyl (C=O) groups excluding carboxylic acids is 1. The van der Waals surface area contributed by atoms with Gasteiger partial charge in [0.25, 0.3) is 5.91 Å². The summed E-state index contributed by atoms with van der Waals surface area (Å²) in [4.78, 5) is 19.9. The Morgan fingerprint density at radius 3 is 2.83 bits per heavy atom. The molecule has 2 fully saturated rings. The van der Waals surface area contributed by atoms with Crippen molar-refractivity contribution in [2.45, 2.75) is 76.2 Å². The molecule has 4 aromatic rings. The highest BCUT2D eigenvalue weighted by Gasteiger charge is 2.47. The van der Waals surface area contributed by atoms with Crippen LogP contribution in [0.3, 0.4) is 0 Å². The maximum absolute atomic E-state index is 11.7. The molecule has 2 saturated heterocycles. The molecular weight excluding hydrogens is 663 g/mol. The van der Waals surface area contributed by atoms with Gasteiger partial charge in [-0.25, -0.2) is 0 Å². The third-order valence-electron chi connectivity index (χ3n) is 11.6. The molecule has 1 aromatic heterocycles. The maximum atomic E-state index is 11.7. The number of benzene rings is 3. The van der Waals surface area contributed by atoms with E-state index in [0.29, 0.717) is 6.04 Å². The summed E-state index contributed by atoms with van der Waals surface area (Å²) in [7, 11) is 2.09. The van der Waals surface area contributed by atoms with Crippen molar-refractivity contribution in [1.29, 1.82) is 0 Å². The van der Waals surface area contributed by atoms with E-state index in [-0.39, 0.29) is 18.3 Å². The Labute approximate surface area is 312 Å². The van der Waals surface area contributed by atoms with Crippen LogP contribution in [0.5, 0.6) is 5.75 Å². The van der Waals surface area contributed by atoms with Crippen LogP contribution in [0.2, 0.25) is 0 Å². The number of hydrazine groups is 1. The third kappa shape index (κ3) is 7.59. The first-order valence-corrected chi connectivity index (χ1v) is 19.2. The van der Waals surface area contributed by atoms with Crippen molar-refractivity contribution in [3.8, 4) is 5.75 Å². The lowest BCUT2D eigenvalue weighted by molar-refractivity contribution is -0.119. The number of nitrogens with two attached hydrogens (primary N) is 1. The number of ether oxygens (including phenoxy) is 1. The topological polar surface area (TPSA) is 118 Å². The highest BCUT2D eigenvalue weighted by Crippen LogP contribution is 2.44. The van der Waals surface area contributed by atoms with Crippen LogP contribution in [0.15, 0.2) is 96.5 Å². The van der Waals surface area contributed by atoms with Crippen molar-refractivity contribution in [3.05, 3.63) is 108 Å². The number of nitrogens with one attached hydrogen (secondary N) is 3. The second-order valence-electron chi connectivity index (χ2n) is 15.4. The van der Waals surface area contributed by atoms with Crippen molar-refractivity contribution in [3.63, 3.8) is 0 Å². The number of allylic oxidation sites excluding steroid dienone is 1. The minimum absolute atomic E-state index is 0.130. The number of piperidine rings is 2. The Bertz CT molecular complexity index is 1980. The van der Waals surface area contributed by atoms with E-state index in [1.165, 1.54) is 23.4 Å². The summed E-state index contributed by atoms with van der Waals surface area (Å²) in [5, 5.41) is 14.4. The molecule has 53 heavy (non-hydrogen) atoms. The molecule has 0 radical (unpaired) electrons. The number of hydrogen-bond acceptors (Lipinski definition) is 9. The minimum Gasteiger partial charge on any atom is -0.483 e. The summed E-state index contributed by atoms with van der Waals surface area (Å²) in [6.45, 7) is 6.74. The smallest absolute Gasteiger partial charge is 0.255 e. The number of H-pyrrole nitrogens is 1. The molecule has 11 nitrogen and oxygen atoms in total. The third-order valence-corrected chi connectivity index (χ3v) is 11.6. The Balaban J connectivity index is 1.14. The van der Waals surface area contributed by atoms with Crippen molar-refractivity contribution in [1.82, 2.24) is 30.4 Å². The molecule has 0 saturated carbocycles. The quantitative estimate of drug-likeness (QED) is 0.143. The first kappa shape index (κ1) is 35.1. The fraction of sp³-hybridized carbons (Fsp3) is 0.429. The number of nitrogens with zero attached hydrogens (tertiary/aromatic N) is 5. The van der Waals surface area contributed by atoms with Crippen molar-refractivity contribution >= 4 is 28.2 Å². The Hall–Kier alpha value is -5.00. The molecule has 0 spiro atoms. The van der Waals surface area contributed by atoms with Gasteiger partial charge in [-0.15, -0.1) is 0 Å². The van der Waals surface area contributed by atoms with E-state index in [1.54, 1.807) is 0 Å². The molecule has 3 aromatic carbocycles. The molecular formula is C42H53N9O2. The number of rotatable bonds is 12. The monoisotopic (exact) mass is 715 g/mol. The summed E-state index contributed by atoms with van der Waals surface area (Å²) in [6.07, 6.45) is 14.3. The molecule has 3 aliphatic heterocycles. The van der Waals surface area contributed by atoms with Gasteiger partial charge in [0, 0.05) is 74.2 Å². The van der Waals surface area contributed by atoms with Crippen LogP contribution < -0.4 is 26.1 Å². The summed E-state index contributed by atoms with van der Waals surface area (Å²) < 4.78 is 6.01. The first-order chi connectivity index (χ1) is 25.8. The lowest BCUT2D eigenvalue weighted by atomic mass is 9.78. The minimum atomic E-state index is -0.467. The lowest BCUT2D eigenvalue weighted by Gasteiger charge is -2.56. The number of carbonyl (C=O) groups is 1. The van der Waals surface area contributed by atoms with Crippen LogP contribution in [0.1, 0.15) is 56.1 Å². The highest BCUT2D eigenvalue weighted by molar-refractivity contribution is 5.81. The summed E-state index contributed by atoms with van der Waals surface area (Å²) >= 11 is 0. The Morgan fingerprint density at radius 1 is 1.08 bits per heavy atom. The van der Waals surface area contributed by atoms with Gasteiger partial charge in [0.2, 0.25) is 0 Å². The second-order valence-corrected chi connectivity index (χ2v) is 15.4. The van der Waals surface area contributed by atoms with E-state index in [2.05, 4.69) is 121 Å². The molecule has 1 aliphatic carbocycles. The van der Waals surface area contributed by atoms with Crippen LogP contribution in [0.4, 0.5) is 11.4 Å². The number of hydrogen-bond donors (Lipinski definition) is 4. The number of likely N-dealkylation sites (tertiary alicyclic amines) is 2. The van der Waals surface area contributed by atoms with Gasteiger partial charge in [-0.3, -0.25) is 30.1 Å². The van der Waals surface area contributed by atoms with Crippen LogP contribution >= 0.6 is 0 Å². The molecule has 8 rings (SSSR count). The van der Waals surface area contributed by atoms with Crippen LogP contribution in [-0.2, 0) is 11.3 Å². The number of aromatic amines is 1. The number of primary amides is 1. The van der Waals surface area contributed by atoms with Gasteiger partial charge >= 0.3 is 0 Å². The predicted molar refractivity (Wildman–Crippen MR) is 211 cm³/mol. The average Bonchev–Trinajstić information content (AvgIpc) is 3.78. The fourth-order valence-electron chi connectivity index (χ4n) is 9.18. The zero-order valence-corrected chi connectivity index (χ0v) is 31.1. The van der Waals surface area contributed by atoms with Crippen molar-refractivity contribution < 1.29 is 9.53 Å². The van der Waals surface area contributed by atoms with Gasteiger partial charge in [0.1, 0.15) is 5.75 Å². The first-order valence-electron chi connectivity index (χ1n) is 19.2.